The van der Waals surface area contributed by atoms with Crippen molar-refractivity contribution >= 4 is 17.7 Å². The van der Waals surface area contributed by atoms with Crippen molar-refractivity contribution in [3.8, 4) is 23.4 Å². The maximum atomic E-state index is 13.1. The number of aromatic nitrogens is 2. The fourth-order valence-corrected chi connectivity index (χ4v) is 2.69. The van der Waals surface area contributed by atoms with E-state index in [2.05, 4.69) is 9.72 Å². The van der Waals surface area contributed by atoms with E-state index in [1.807, 2.05) is 0 Å². The van der Waals surface area contributed by atoms with Gasteiger partial charge in [-0.15, -0.1) is 0 Å². The Balaban J connectivity index is 2.30. The molecule has 0 N–H and O–H groups in total. The number of aryl methyl sites for hydroxylation is 1. The first-order valence-electron chi connectivity index (χ1n) is 8.53. The van der Waals surface area contributed by atoms with E-state index < -0.39 is 11.5 Å². The molecule has 0 saturated heterocycles. The van der Waals surface area contributed by atoms with Gasteiger partial charge in [0.1, 0.15) is 22.9 Å². The Morgan fingerprint density at radius 3 is 2.55 bits per heavy atom. The first-order chi connectivity index (χ1) is 14.0. The number of nitriles is 1. The molecule has 1 aromatic carbocycles. The summed E-state index contributed by atoms with van der Waals surface area (Å²) in [7, 11) is 2.63. The number of hydrogen-bond donors (Lipinski definition) is 0. The second kappa shape index (κ2) is 8.27. The average Bonchev–Trinajstić information content (AvgIpc) is 2.74. The normalized spacial score (nSPS) is 11.0. The number of esters is 1. The molecule has 0 aliphatic carbocycles. The zero-order valence-electron chi connectivity index (χ0n) is 16.0. The molecule has 8 nitrogen and oxygen atoms in total. The Labute approximate surface area is 166 Å². The Morgan fingerprint density at radius 2 is 1.90 bits per heavy atom. The van der Waals surface area contributed by atoms with Crippen LogP contribution < -0.4 is 15.0 Å². The molecule has 2 heterocycles. The molecule has 0 atom stereocenters. The lowest BCUT2D eigenvalue weighted by atomic mass is 10.2. The molecule has 0 spiro atoms. The lowest BCUT2D eigenvalue weighted by Gasteiger charge is -2.13. The third-order valence-electron chi connectivity index (χ3n) is 4.14. The molecular formula is C21H17N3O5. The number of hydrogen-bond acceptors (Lipinski definition) is 7. The zero-order valence-corrected chi connectivity index (χ0v) is 16.0. The van der Waals surface area contributed by atoms with Crippen molar-refractivity contribution in [3.05, 3.63) is 69.6 Å². The van der Waals surface area contributed by atoms with E-state index in [1.54, 1.807) is 55.6 Å². The molecular weight excluding hydrogens is 374 g/mol. The molecule has 2 aromatic heterocycles. The van der Waals surface area contributed by atoms with Crippen molar-refractivity contribution in [2.45, 2.75) is 6.92 Å². The van der Waals surface area contributed by atoms with Gasteiger partial charge in [-0.25, -0.2) is 4.79 Å². The maximum Gasteiger partial charge on any atom is 0.348 e. The van der Waals surface area contributed by atoms with Crippen LogP contribution >= 0.6 is 0 Å². The molecule has 146 valence electrons. The van der Waals surface area contributed by atoms with Gasteiger partial charge in [-0.2, -0.15) is 10.2 Å². The highest BCUT2D eigenvalue weighted by molar-refractivity contribution is 5.98. The number of fused-ring (bicyclic) bond motifs is 1. The number of para-hydroxylation sites is 2. The van der Waals surface area contributed by atoms with E-state index in [4.69, 9.17) is 9.47 Å². The quantitative estimate of drug-likeness (QED) is 0.374. The fraction of sp³-hybridized carbons (Fsp3) is 0.143. The van der Waals surface area contributed by atoms with Crippen LogP contribution in [0, 0.1) is 18.3 Å². The molecule has 0 fully saturated rings. The van der Waals surface area contributed by atoms with Crippen LogP contribution in [0.25, 0.3) is 11.7 Å². The number of carbonyl (C=O) groups is 1. The van der Waals surface area contributed by atoms with Crippen molar-refractivity contribution in [2.24, 2.45) is 0 Å². The predicted octanol–water partition coefficient (Wildman–Crippen LogP) is 2.88. The van der Waals surface area contributed by atoms with Crippen molar-refractivity contribution < 1.29 is 19.0 Å². The molecule has 0 aliphatic rings. The largest absolute Gasteiger partial charge is 0.493 e. The van der Waals surface area contributed by atoms with Gasteiger partial charge < -0.3 is 14.2 Å². The molecule has 3 aromatic rings. The monoisotopic (exact) mass is 391 g/mol. The number of rotatable bonds is 5. The van der Waals surface area contributed by atoms with E-state index in [9.17, 15) is 14.9 Å². The molecule has 0 unspecified atom stereocenters. The van der Waals surface area contributed by atoms with E-state index in [0.717, 1.165) is 18.7 Å². The Hall–Kier alpha value is -4.12. The molecule has 0 radical (unpaired) electrons. The summed E-state index contributed by atoms with van der Waals surface area (Å²) in [5, 5.41) is 9.29. The fourth-order valence-electron chi connectivity index (χ4n) is 2.69. The maximum absolute atomic E-state index is 13.1. The SMILES string of the molecule is COC(=O)/C(C#N)=C/c1c(Oc2ccccc2OC)nc2c(C)cccn2c1=O. The summed E-state index contributed by atoms with van der Waals surface area (Å²) in [6.07, 6.45) is 2.66. The van der Waals surface area contributed by atoms with Crippen LogP contribution in [0.4, 0.5) is 0 Å². The molecule has 0 saturated carbocycles. The van der Waals surface area contributed by atoms with Gasteiger partial charge >= 0.3 is 5.97 Å². The topological polar surface area (TPSA) is 103 Å². The van der Waals surface area contributed by atoms with Crippen molar-refractivity contribution in [3.63, 3.8) is 0 Å². The van der Waals surface area contributed by atoms with Crippen molar-refractivity contribution in [1.82, 2.24) is 9.38 Å². The van der Waals surface area contributed by atoms with Crippen LogP contribution in [0.3, 0.4) is 0 Å². The van der Waals surface area contributed by atoms with Crippen LogP contribution in [-0.2, 0) is 9.53 Å². The second-order valence-corrected chi connectivity index (χ2v) is 5.93. The highest BCUT2D eigenvalue weighted by Crippen LogP contribution is 2.32. The summed E-state index contributed by atoms with van der Waals surface area (Å²) < 4.78 is 17.1. The molecule has 0 aliphatic heterocycles. The predicted molar refractivity (Wildman–Crippen MR) is 105 cm³/mol. The lowest BCUT2D eigenvalue weighted by Crippen LogP contribution is -2.20. The number of carbonyl (C=O) groups excluding carboxylic acids is 1. The van der Waals surface area contributed by atoms with Crippen LogP contribution in [0.5, 0.6) is 17.4 Å². The number of nitrogens with zero attached hydrogens (tertiary/aromatic N) is 3. The Kier molecular flexibility index (Phi) is 5.60. The summed E-state index contributed by atoms with van der Waals surface area (Å²) >= 11 is 0. The molecule has 0 bridgehead atoms. The minimum atomic E-state index is -0.871. The number of methoxy groups -OCH3 is 2. The van der Waals surface area contributed by atoms with Crippen LogP contribution in [0.2, 0.25) is 0 Å². The third-order valence-corrected chi connectivity index (χ3v) is 4.14. The first kappa shape index (κ1) is 19.6. The van der Waals surface area contributed by atoms with E-state index >= 15 is 0 Å². The Bertz CT molecular complexity index is 1220. The standard InChI is InChI=1S/C21H17N3O5/c1-13-7-6-10-24-18(13)23-19(29-17-9-5-4-8-16(17)27-2)15(20(24)25)11-14(12-22)21(26)28-3/h4-11H,1-3H3/b14-11+. The lowest BCUT2D eigenvalue weighted by molar-refractivity contribution is -0.135. The number of ether oxygens (including phenoxy) is 3. The van der Waals surface area contributed by atoms with Crippen LogP contribution in [0.1, 0.15) is 11.1 Å². The minimum absolute atomic E-state index is 0.0644. The van der Waals surface area contributed by atoms with Crippen LogP contribution in [-0.4, -0.2) is 29.6 Å². The summed E-state index contributed by atoms with van der Waals surface area (Å²) in [6, 6.07) is 12.1. The molecule has 29 heavy (non-hydrogen) atoms. The van der Waals surface area contributed by atoms with Gasteiger partial charge in [0.05, 0.1) is 14.2 Å². The summed E-state index contributed by atoms with van der Waals surface area (Å²) in [5.41, 5.74) is 0.208. The third kappa shape index (κ3) is 3.80. The van der Waals surface area contributed by atoms with E-state index in [-0.39, 0.29) is 17.0 Å². The van der Waals surface area contributed by atoms with Crippen LogP contribution in [0.15, 0.2) is 53.0 Å². The molecule has 8 heteroatoms. The van der Waals surface area contributed by atoms with Gasteiger partial charge in [-0.1, -0.05) is 18.2 Å². The highest BCUT2D eigenvalue weighted by Gasteiger charge is 2.19. The highest BCUT2D eigenvalue weighted by atomic mass is 16.5. The van der Waals surface area contributed by atoms with Crippen molar-refractivity contribution in [1.29, 1.82) is 5.26 Å². The average molecular weight is 391 g/mol. The smallest absolute Gasteiger partial charge is 0.348 e. The van der Waals surface area contributed by atoms with Gasteiger partial charge in [-0.05, 0) is 36.8 Å². The first-order valence-corrected chi connectivity index (χ1v) is 8.53. The number of pyridine rings is 1. The molecule has 3 rings (SSSR count). The number of benzene rings is 1. The Morgan fingerprint density at radius 1 is 1.17 bits per heavy atom. The van der Waals surface area contributed by atoms with Crippen molar-refractivity contribution in [2.75, 3.05) is 14.2 Å². The van der Waals surface area contributed by atoms with Gasteiger partial charge in [0.2, 0.25) is 5.88 Å². The zero-order chi connectivity index (χ0) is 21.0. The van der Waals surface area contributed by atoms with Gasteiger partial charge in [0, 0.05) is 6.20 Å². The summed E-state index contributed by atoms with van der Waals surface area (Å²) in [4.78, 5) is 29.4. The summed E-state index contributed by atoms with van der Waals surface area (Å²) in [5.74, 6) is -0.177. The minimum Gasteiger partial charge on any atom is -0.493 e. The van der Waals surface area contributed by atoms with E-state index in [0.29, 0.717) is 17.1 Å². The molecule has 0 amide bonds. The van der Waals surface area contributed by atoms with E-state index in [1.165, 1.54) is 11.5 Å². The summed E-state index contributed by atoms with van der Waals surface area (Å²) in [6.45, 7) is 1.80. The van der Waals surface area contributed by atoms with Gasteiger partial charge in [0.25, 0.3) is 5.56 Å². The second-order valence-electron chi connectivity index (χ2n) is 5.93. The van der Waals surface area contributed by atoms with Gasteiger partial charge in [-0.3, -0.25) is 9.20 Å². The van der Waals surface area contributed by atoms with Gasteiger partial charge in [0.15, 0.2) is 11.5 Å².